The van der Waals surface area contributed by atoms with E-state index >= 15 is 0 Å². The number of hydrogen-bond donors (Lipinski definition) is 1. The summed E-state index contributed by atoms with van der Waals surface area (Å²) in [6, 6.07) is 13.1. The minimum atomic E-state index is -2.88. The molecular formula is C18H13F2N3O2. The first-order valence-corrected chi connectivity index (χ1v) is 7.36. The Labute approximate surface area is 142 Å². The zero-order valence-electron chi connectivity index (χ0n) is 12.9. The Morgan fingerprint density at radius 1 is 1.08 bits per heavy atom. The monoisotopic (exact) mass is 341 g/mol. The van der Waals surface area contributed by atoms with E-state index in [1.165, 1.54) is 30.3 Å². The summed E-state index contributed by atoms with van der Waals surface area (Å²) < 4.78 is 28.4. The number of para-hydroxylation sites is 2. The lowest BCUT2D eigenvalue weighted by Crippen LogP contribution is -2.08. The van der Waals surface area contributed by atoms with Gasteiger partial charge in [-0.15, -0.1) is 0 Å². The molecule has 0 saturated heterocycles. The standard InChI is InChI=1S/C18H13F2N3O2/c19-18(20)25-14-8-5-12(6-9-14)23-17(24)10-7-13-11-21-15-3-1-2-4-16(15)22-13/h1-11,18H,(H,23,24)/b10-7+. The topological polar surface area (TPSA) is 64.1 Å². The zero-order valence-corrected chi connectivity index (χ0v) is 12.9. The Hall–Kier alpha value is -3.35. The molecule has 0 radical (unpaired) electrons. The van der Waals surface area contributed by atoms with Gasteiger partial charge in [-0.1, -0.05) is 12.1 Å². The van der Waals surface area contributed by atoms with Gasteiger partial charge in [0.05, 0.1) is 22.9 Å². The van der Waals surface area contributed by atoms with Crippen molar-refractivity contribution in [2.45, 2.75) is 6.61 Å². The molecule has 7 heteroatoms. The molecule has 0 bridgehead atoms. The van der Waals surface area contributed by atoms with Gasteiger partial charge in [0.15, 0.2) is 0 Å². The van der Waals surface area contributed by atoms with Crippen LogP contribution in [0.1, 0.15) is 5.69 Å². The van der Waals surface area contributed by atoms with E-state index in [0.717, 1.165) is 11.0 Å². The summed E-state index contributed by atoms with van der Waals surface area (Å²) >= 11 is 0. The summed E-state index contributed by atoms with van der Waals surface area (Å²) in [4.78, 5) is 20.5. The molecule has 3 rings (SSSR count). The first-order chi connectivity index (χ1) is 12.1. The van der Waals surface area contributed by atoms with Crippen LogP contribution in [0.15, 0.2) is 60.8 Å². The predicted molar refractivity (Wildman–Crippen MR) is 90.3 cm³/mol. The number of amides is 1. The molecule has 0 aliphatic heterocycles. The SMILES string of the molecule is O=C(/C=C/c1cnc2ccccc2n1)Nc1ccc(OC(F)F)cc1. The van der Waals surface area contributed by atoms with Crippen molar-refractivity contribution in [2.75, 3.05) is 5.32 Å². The average molecular weight is 341 g/mol. The smallest absolute Gasteiger partial charge is 0.387 e. The van der Waals surface area contributed by atoms with Crippen molar-refractivity contribution >= 4 is 28.7 Å². The third-order valence-corrected chi connectivity index (χ3v) is 3.22. The van der Waals surface area contributed by atoms with Crippen molar-refractivity contribution in [3.8, 4) is 5.75 Å². The van der Waals surface area contributed by atoms with Crippen LogP contribution in [0.2, 0.25) is 0 Å². The second-order valence-electron chi connectivity index (χ2n) is 5.01. The molecule has 0 spiro atoms. The molecule has 5 nitrogen and oxygen atoms in total. The van der Waals surface area contributed by atoms with Gasteiger partial charge in [0.2, 0.25) is 5.91 Å². The highest BCUT2D eigenvalue weighted by atomic mass is 19.3. The Balaban J connectivity index is 1.63. The molecule has 1 amide bonds. The molecule has 0 unspecified atom stereocenters. The maximum absolute atomic E-state index is 12.1. The van der Waals surface area contributed by atoms with Gasteiger partial charge in [0.25, 0.3) is 0 Å². The highest BCUT2D eigenvalue weighted by Gasteiger charge is 2.04. The third kappa shape index (κ3) is 4.57. The van der Waals surface area contributed by atoms with Gasteiger partial charge in [-0.05, 0) is 42.5 Å². The second kappa shape index (κ2) is 7.48. The van der Waals surface area contributed by atoms with Gasteiger partial charge in [0, 0.05) is 11.8 Å². The van der Waals surface area contributed by atoms with Gasteiger partial charge < -0.3 is 10.1 Å². The van der Waals surface area contributed by atoms with Crippen molar-refractivity contribution in [3.63, 3.8) is 0 Å². The van der Waals surface area contributed by atoms with Crippen molar-refractivity contribution in [2.24, 2.45) is 0 Å². The van der Waals surface area contributed by atoms with E-state index in [9.17, 15) is 13.6 Å². The first-order valence-electron chi connectivity index (χ1n) is 7.36. The number of rotatable bonds is 5. The number of aromatic nitrogens is 2. The molecule has 126 valence electrons. The quantitative estimate of drug-likeness (QED) is 0.715. The molecule has 3 aromatic rings. The largest absolute Gasteiger partial charge is 0.435 e. The van der Waals surface area contributed by atoms with Crippen molar-refractivity contribution in [3.05, 3.63) is 66.5 Å². The number of nitrogens with zero attached hydrogens (tertiary/aromatic N) is 2. The van der Waals surface area contributed by atoms with E-state index in [1.54, 1.807) is 12.3 Å². The normalized spacial score (nSPS) is 11.2. The van der Waals surface area contributed by atoms with Crippen LogP contribution in [0.5, 0.6) is 5.75 Å². The lowest BCUT2D eigenvalue weighted by atomic mass is 10.3. The number of anilines is 1. The third-order valence-electron chi connectivity index (χ3n) is 3.22. The van der Waals surface area contributed by atoms with Gasteiger partial charge in [-0.2, -0.15) is 8.78 Å². The van der Waals surface area contributed by atoms with Gasteiger partial charge in [-0.3, -0.25) is 9.78 Å². The molecule has 25 heavy (non-hydrogen) atoms. The molecule has 0 atom stereocenters. The molecule has 0 fully saturated rings. The molecular weight excluding hydrogens is 328 g/mol. The van der Waals surface area contributed by atoms with Gasteiger partial charge in [-0.25, -0.2) is 4.98 Å². The summed E-state index contributed by atoms with van der Waals surface area (Å²) in [5.74, 6) is -0.354. The number of benzene rings is 2. The van der Waals surface area contributed by atoms with Gasteiger partial charge >= 0.3 is 6.61 Å². The molecule has 1 heterocycles. The summed E-state index contributed by atoms with van der Waals surface area (Å²) in [6.45, 7) is -2.88. The van der Waals surface area contributed by atoms with Crippen LogP contribution in [-0.2, 0) is 4.79 Å². The number of nitrogens with one attached hydrogen (secondary N) is 1. The number of halogens is 2. The summed E-state index contributed by atoms with van der Waals surface area (Å²) in [5, 5.41) is 2.61. The van der Waals surface area contributed by atoms with Crippen LogP contribution in [0.4, 0.5) is 14.5 Å². The average Bonchev–Trinajstić information content (AvgIpc) is 2.61. The summed E-state index contributed by atoms with van der Waals surface area (Å²) in [7, 11) is 0. The van der Waals surface area contributed by atoms with Crippen molar-refractivity contribution in [1.82, 2.24) is 9.97 Å². The molecule has 0 aliphatic rings. The van der Waals surface area contributed by atoms with Crippen molar-refractivity contribution < 1.29 is 18.3 Å². The van der Waals surface area contributed by atoms with E-state index in [4.69, 9.17) is 0 Å². The number of alkyl halides is 2. The number of carbonyl (C=O) groups is 1. The van der Waals surface area contributed by atoms with Gasteiger partial charge in [0.1, 0.15) is 5.75 Å². The second-order valence-corrected chi connectivity index (χ2v) is 5.01. The van der Waals surface area contributed by atoms with Crippen LogP contribution in [0, 0.1) is 0 Å². The molecule has 1 aromatic heterocycles. The maximum atomic E-state index is 12.1. The van der Waals surface area contributed by atoms with E-state index in [1.807, 2.05) is 24.3 Å². The number of carbonyl (C=O) groups excluding carboxylic acids is 1. The minimum Gasteiger partial charge on any atom is -0.435 e. The predicted octanol–water partition coefficient (Wildman–Crippen LogP) is 3.88. The first kappa shape index (κ1) is 16.5. The number of ether oxygens (including phenoxy) is 1. The Morgan fingerprint density at radius 2 is 1.80 bits per heavy atom. The maximum Gasteiger partial charge on any atom is 0.387 e. The number of fused-ring (bicyclic) bond motifs is 1. The molecule has 2 aromatic carbocycles. The fraction of sp³-hybridized carbons (Fsp3) is 0.0556. The molecule has 1 N–H and O–H groups in total. The van der Waals surface area contributed by atoms with E-state index in [-0.39, 0.29) is 11.7 Å². The Morgan fingerprint density at radius 3 is 2.52 bits per heavy atom. The minimum absolute atomic E-state index is 0.0231. The summed E-state index contributed by atoms with van der Waals surface area (Å²) in [5.41, 5.74) is 2.52. The highest BCUT2D eigenvalue weighted by molar-refractivity contribution is 6.01. The van der Waals surface area contributed by atoms with Crippen LogP contribution >= 0.6 is 0 Å². The van der Waals surface area contributed by atoms with E-state index < -0.39 is 6.61 Å². The number of hydrogen-bond acceptors (Lipinski definition) is 4. The Kier molecular flexibility index (Phi) is 4.94. The fourth-order valence-corrected chi connectivity index (χ4v) is 2.12. The fourth-order valence-electron chi connectivity index (χ4n) is 2.12. The Bertz CT molecular complexity index is 912. The van der Waals surface area contributed by atoms with Crippen molar-refractivity contribution in [1.29, 1.82) is 0 Å². The lowest BCUT2D eigenvalue weighted by Gasteiger charge is -2.06. The van der Waals surface area contributed by atoms with Crippen LogP contribution in [-0.4, -0.2) is 22.5 Å². The summed E-state index contributed by atoms with van der Waals surface area (Å²) in [6.07, 6.45) is 4.44. The van der Waals surface area contributed by atoms with Crippen LogP contribution < -0.4 is 10.1 Å². The van der Waals surface area contributed by atoms with E-state index in [0.29, 0.717) is 11.4 Å². The lowest BCUT2D eigenvalue weighted by molar-refractivity contribution is -0.111. The zero-order chi connectivity index (χ0) is 17.6. The highest BCUT2D eigenvalue weighted by Crippen LogP contribution is 2.17. The molecule has 0 saturated carbocycles. The van der Waals surface area contributed by atoms with Crippen LogP contribution in [0.3, 0.4) is 0 Å². The van der Waals surface area contributed by atoms with E-state index in [2.05, 4.69) is 20.0 Å². The van der Waals surface area contributed by atoms with Crippen LogP contribution in [0.25, 0.3) is 17.1 Å². The molecule has 0 aliphatic carbocycles.